The van der Waals surface area contributed by atoms with Gasteiger partial charge in [-0.1, -0.05) is 110 Å². The van der Waals surface area contributed by atoms with Crippen molar-refractivity contribution in [3.8, 4) is 0 Å². The third kappa shape index (κ3) is 20.5. The van der Waals surface area contributed by atoms with E-state index in [0.717, 1.165) is 30.9 Å². The Morgan fingerprint density at radius 2 is 1.18 bits per heavy atom. The lowest BCUT2D eigenvalue weighted by molar-refractivity contribution is -0.139. The topological polar surface area (TPSA) is 49.3 Å². The van der Waals surface area contributed by atoms with Crippen molar-refractivity contribution in [2.45, 2.75) is 129 Å². The Balaban J connectivity index is 3.25. The fourth-order valence-corrected chi connectivity index (χ4v) is 4.30. The highest BCUT2D eigenvalue weighted by atomic mass is 32.2. The molecule has 0 heterocycles. The number of carboxylic acids is 1. The third-order valence-corrected chi connectivity index (χ3v) is 6.41. The minimum atomic E-state index is -0.701. The Kier molecular flexibility index (Phi) is 22.9. The van der Waals surface area contributed by atoms with E-state index in [1.165, 1.54) is 96.3 Å². The molecule has 0 unspecified atom stereocenters. The first-order chi connectivity index (χ1) is 13.7. The van der Waals surface area contributed by atoms with Gasteiger partial charge in [-0.2, -0.15) is 11.8 Å². The minimum Gasteiger partial charge on any atom is -0.480 e. The van der Waals surface area contributed by atoms with E-state index in [9.17, 15) is 9.90 Å². The molecular formula is C24H49NO2S. The molecule has 4 heteroatoms. The van der Waals surface area contributed by atoms with Crippen molar-refractivity contribution in [1.29, 1.82) is 0 Å². The quantitative estimate of drug-likeness (QED) is 0.170. The van der Waals surface area contributed by atoms with Gasteiger partial charge in [0.05, 0.1) is 0 Å². The first kappa shape index (κ1) is 27.8. The summed E-state index contributed by atoms with van der Waals surface area (Å²) < 4.78 is 0. The van der Waals surface area contributed by atoms with Gasteiger partial charge in [-0.05, 0) is 30.9 Å². The molecule has 0 saturated carbocycles. The molecule has 3 nitrogen and oxygen atoms in total. The number of hydrogen-bond acceptors (Lipinski definition) is 3. The molecule has 168 valence electrons. The highest BCUT2D eigenvalue weighted by molar-refractivity contribution is 7.99. The lowest BCUT2D eigenvalue weighted by Crippen LogP contribution is -2.37. The van der Waals surface area contributed by atoms with E-state index in [1.54, 1.807) is 0 Å². The second-order valence-electron chi connectivity index (χ2n) is 8.13. The zero-order valence-corrected chi connectivity index (χ0v) is 19.8. The maximum Gasteiger partial charge on any atom is 0.320 e. The van der Waals surface area contributed by atoms with Crippen LogP contribution in [0.5, 0.6) is 0 Å². The van der Waals surface area contributed by atoms with Crippen LogP contribution in [0.25, 0.3) is 0 Å². The zero-order valence-electron chi connectivity index (χ0n) is 19.0. The van der Waals surface area contributed by atoms with Crippen molar-refractivity contribution in [2.75, 3.05) is 18.1 Å². The molecule has 0 fully saturated rings. The predicted molar refractivity (Wildman–Crippen MR) is 127 cm³/mol. The standard InChI is InChI=1S/C24H49NO2S/c1-3-5-6-7-8-9-10-11-12-13-14-15-16-17-18-19-21-25-23(24(26)27)20-22-28-4-2/h23,25H,3-22H2,1-2H3,(H,26,27)/t23-/m0/s1. The van der Waals surface area contributed by atoms with Crippen LogP contribution in [0.4, 0.5) is 0 Å². The van der Waals surface area contributed by atoms with Gasteiger partial charge in [-0.25, -0.2) is 0 Å². The second kappa shape index (κ2) is 23.1. The van der Waals surface area contributed by atoms with Gasteiger partial charge < -0.3 is 10.4 Å². The third-order valence-electron chi connectivity index (χ3n) is 5.47. The highest BCUT2D eigenvalue weighted by Crippen LogP contribution is 2.13. The zero-order chi connectivity index (χ0) is 20.7. The summed E-state index contributed by atoms with van der Waals surface area (Å²) in [6.07, 6.45) is 22.7. The summed E-state index contributed by atoms with van der Waals surface area (Å²) in [6, 6.07) is -0.365. The van der Waals surface area contributed by atoms with Crippen molar-refractivity contribution in [3.05, 3.63) is 0 Å². The van der Waals surface area contributed by atoms with Crippen LogP contribution in [-0.2, 0) is 4.79 Å². The summed E-state index contributed by atoms with van der Waals surface area (Å²) in [6.45, 7) is 5.24. The lowest BCUT2D eigenvalue weighted by Gasteiger charge is -2.13. The normalized spacial score (nSPS) is 12.4. The molecule has 0 aliphatic heterocycles. The van der Waals surface area contributed by atoms with E-state index in [2.05, 4.69) is 19.2 Å². The number of unbranched alkanes of at least 4 members (excludes halogenated alkanes) is 15. The number of thioether (sulfide) groups is 1. The van der Waals surface area contributed by atoms with E-state index < -0.39 is 5.97 Å². The summed E-state index contributed by atoms with van der Waals surface area (Å²) in [5, 5.41) is 12.5. The van der Waals surface area contributed by atoms with Crippen molar-refractivity contribution in [1.82, 2.24) is 5.32 Å². The molecule has 0 saturated heterocycles. The predicted octanol–water partition coefficient (Wildman–Crippen LogP) is 7.43. The first-order valence-corrected chi connectivity index (χ1v) is 13.4. The van der Waals surface area contributed by atoms with E-state index in [0.29, 0.717) is 0 Å². The molecule has 28 heavy (non-hydrogen) atoms. The van der Waals surface area contributed by atoms with E-state index in [1.807, 2.05) is 11.8 Å². The molecular weight excluding hydrogens is 366 g/mol. The summed E-state index contributed by atoms with van der Waals surface area (Å²) in [4.78, 5) is 11.2. The Hall–Kier alpha value is -0.220. The molecule has 2 N–H and O–H groups in total. The molecule has 0 aliphatic rings. The minimum absolute atomic E-state index is 0.365. The van der Waals surface area contributed by atoms with Crippen LogP contribution in [0.2, 0.25) is 0 Å². The van der Waals surface area contributed by atoms with Crippen LogP contribution >= 0.6 is 11.8 Å². The number of carbonyl (C=O) groups is 1. The molecule has 0 aliphatic carbocycles. The Labute approximate surface area is 180 Å². The lowest BCUT2D eigenvalue weighted by atomic mass is 10.0. The summed E-state index contributed by atoms with van der Waals surface area (Å²) in [5.74, 6) is 1.29. The van der Waals surface area contributed by atoms with Crippen LogP contribution in [0.15, 0.2) is 0 Å². The molecule has 0 spiro atoms. The Morgan fingerprint density at radius 1 is 0.750 bits per heavy atom. The van der Waals surface area contributed by atoms with E-state index in [-0.39, 0.29) is 6.04 Å². The summed E-state index contributed by atoms with van der Waals surface area (Å²) in [7, 11) is 0. The maximum atomic E-state index is 11.2. The molecule has 0 bridgehead atoms. The van der Waals surface area contributed by atoms with Gasteiger partial charge in [-0.15, -0.1) is 0 Å². The van der Waals surface area contributed by atoms with Crippen LogP contribution in [-0.4, -0.2) is 35.2 Å². The van der Waals surface area contributed by atoms with Gasteiger partial charge in [0.2, 0.25) is 0 Å². The molecule has 0 aromatic carbocycles. The highest BCUT2D eigenvalue weighted by Gasteiger charge is 2.15. The summed E-state index contributed by atoms with van der Waals surface area (Å²) in [5.41, 5.74) is 0. The van der Waals surface area contributed by atoms with Crippen LogP contribution in [0, 0.1) is 0 Å². The number of nitrogens with one attached hydrogen (secondary N) is 1. The first-order valence-electron chi connectivity index (χ1n) is 12.3. The van der Waals surface area contributed by atoms with Crippen LogP contribution < -0.4 is 5.32 Å². The fraction of sp³-hybridized carbons (Fsp3) is 0.958. The van der Waals surface area contributed by atoms with Crippen LogP contribution in [0.1, 0.15) is 123 Å². The Morgan fingerprint density at radius 3 is 1.57 bits per heavy atom. The van der Waals surface area contributed by atoms with E-state index in [4.69, 9.17) is 0 Å². The largest absolute Gasteiger partial charge is 0.480 e. The maximum absolute atomic E-state index is 11.2. The average molecular weight is 416 g/mol. The SMILES string of the molecule is CCCCCCCCCCCCCCCCCCN[C@@H](CCSCC)C(=O)O. The van der Waals surface area contributed by atoms with Gasteiger partial charge in [0, 0.05) is 0 Å². The van der Waals surface area contributed by atoms with Crippen molar-refractivity contribution < 1.29 is 9.90 Å². The van der Waals surface area contributed by atoms with Crippen molar-refractivity contribution in [2.24, 2.45) is 0 Å². The monoisotopic (exact) mass is 415 g/mol. The number of hydrogen-bond donors (Lipinski definition) is 2. The van der Waals surface area contributed by atoms with Crippen LogP contribution in [0.3, 0.4) is 0 Å². The molecule has 0 aromatic rings. The van der Waals surface area contributed by atoms with Crippen molar-refractivity contribution >= 4 is 17.7 Å². The molecule has 0 aromatic heterocycles. The molecule has 0 amide bonds. The van der Waals surface area contributed by atoms with Gasteiger partial charge in [0.15, 0.2) is 0 Å². The molecule has 0 radical (unpaired) electrons. The number of rotatable bonds is 23. The smallest absolute Gasteiger partial charge is 0.320 e. The number of carboxylic acid groups (broad SMARTS) is 1. The average Bonchev–Trinajstić information content (AvgIpc) is 2.68. The molecule has 0 rings (SSSR count). The van der Waals surface area contributed by atoms with Gasteiger partial charge in [0.1, 0.15) is 6.04 Å². The van der Waals surface area contributed by atoms with E-state index >= 15 is 0 Å². The number of aliphatic carboxylic acids is 1. The second-order valence-corrected chi connectivity index (χ2v) is 9.53. The molecule has 1 atom stereocenters. The summed E-state index contributed by atoms with van der Waals surface area (Å²) >= 11 is 1.82. The van der Waals surface area contributed by atoms with Gasteiger partial charge in [-0.3, -0.25) is 4.79 Å². The Bertz CT molecular complexity index is 326. The van der Waals surface area contributed by atoms with Crippen molar-refractivity contribution in [3.63, 3.8) is 0 Å². The van der Waals surface area contributed by atoms with Gasteiger partial charge >= 0.3 is 5.97 Å². The fourth-order valence-electron chi connectivity index (χ4n) is 3.61. The van der Waals surface area contributed by atoms with Gasteiger partial charge in [0.25, 0.3) is 0 Å².